The first kappa shape index (κ1) is 13.4. The maximum Gasteiger partial charge on any atom is 0.219 e. The summed E-state index contributed by atoms with van der Waals surface area (Å²) in [4.78, 5) is 3.99. The van der Waals surface area contributed by atoms with Crippen molar-refractivity contribution >= 4 is 34.8 Å². The van der Waals surface area contributed by atoms with E-state index in [1.165, 1.54) is 30.5 Å². The molecule has 1 aromatic carbocycles. The van der Waals surface area contributed by atoms with E-state index in [0.29, 0.717) is 17.2 Å². The standard InChI is InChI=1S/C12H7Cl3FNO/c13-12(14,15)8-1-6-11(17-7-8)18-10-4-2-9(16)3-5-10/h1-7H. The number of hydrogen-bond acceptors (Lipinski definition) is 2. The van der Waals surface area contributed by atoms with Gasteiger partial charge >= 0.3 is 0 Å². The highest BCUT2D eigenvalue weighted by Crippen LogP contribution is 2.38. The quantitative estimate of drug-likeness (QED) is 0.741. The van der Waals surface area contributed by atoms with Crippen LogP contribution in [0.15, 0.2) is 42.6 Å². The number of pyridine rings is 1. The van der Waals surface area contributed by atoms with Crippen LogP contribution < -0.4 is 4.74 Å². The van der Waals surface area contributed by atoms with Crippen LogP contribution in [0.1, 0.15) is 5.56 Å². The summed E-state index contributed by atoms with van der Waals surface area (Å²) < 4.78 is 16.6. The number of halogens is 4. The Morgan fingerprint density at radius 2 is 1.67 bits per heavy atom. The molecule has 1 aromatic heterocycles. The van der Waals surface area contributed by atoms with Gasteiger partial charge in [0.2, 0.25) is 9.67 Å². The van der Waals surface area contributed by atoms with Gasteiger partial charge in [-0.3, -0.25) is 0 Å². The van der Waals surface area contributed by atoms with Gasteiger partial charge in [-0.05, 0) is 30.3 Å². The fraction of sp³-hybridized carbons (Fsp3) is 0.0833. The minimum absolute atomic E-state index is 0.332. The molecule has 0 bridgehead atoms. The fourth-order valence-corrected chi connectivity index (χ4v) is 1.57. The van der Waals surface area contributed by atoms with Crippen molar-refractivity contribution in [2.45, 2.75) is 3.79 Å². The van der Waals surface area contributed by atoms with Crippen molar-refractivity contribution in [1.82, 2.24) is 4.98 Å². The van der Waals surface area contributed by atoms with Gasteiger partial charge in [-0.15, -0.1) is 0 Å². The Balaban J connectivity index is 2.13. The van der Waals surface area contributed by atoms with Crippen molar-refractivity contribution in [3.05, 3.63) is 54.0 Å². The van der Waals surface area contributed by atoms with E-state index in [9.17, 15) is 4.39 Å². The largest absolute Gasteiger partial charge is 0.439 e. The Morgan fingerprint density at radius 3 is 2.17 bits per heavy atom. The van der Waals surface area contributed by atoms with Crippen LogP contribution in [0.3, 0.4) is 0 Å². The summed E-state index contributed by atoms with van der Waals surface area (Å²) in [5.41, 5.74) is 0.443. The predicted molar refractivity (Wildman–Crippen MR) is 69.9 cm³/mol. The summed E-state index contributed by atoms with van der Waals surface area (Å²) in [6.45, 7) is 0. The lowest BCUT2D eigenvalue weighted by Gasteiger charge is -2.11. The van der Waals surface area contributed by atoms with Gasteiger partial charge in [0.25, 0.3) is 0 Å². The van der Waals surface area contributed by atoms with Crippen LogP contribution in [0.5, 0.6) is 11.6 Å². The van der Waals surface area contributed by atoms with Crippen LogP contribution in [-0.4, -0.2) is 4.98 Å². The second-order valence-electron chi connectivity index (χ2n) is 3.44. The van der Waals surface area contributed by atoms with Crippen LogP contribution in [-0.2, 0) is 3.79 Å². The third-order valence-electron chi connectivity index (χ3n) is 2.10. The molecule has 0 radical (unpaired) electrons. The highest BCUT2D eigenvalue weighted by Gasteiger charge is 2.22. The lowest BCUT2D eigenvalue weighted by atomic mass is 10.3. The lowest BCUT2D eigenvalue weighted by Crippen LogP contribution is -2.00. The molecule has 6 heteroatoms. The minimum atomic E-state index is -1.51. The number of aromatic nitrogens is 1. The van der Waals surface area contributed by atoms with Crippen LogP contribution >= 0.6 is 34.8 Å². The summed E-state index contributed by atoms with van der Waals surface area (Å²) in [7, 11) is 0. The highest BCUT2D eigenvalue weighted by molar-refractivity contribution is 6.66. The molecule has 0 aliphatic carbocycles. The lowest BCUT2D eigenvalue weighted by molar-refractivity contribution is 0.461. The van der Waals surface area contributed by atoms with Crippen molar-refractivity contribution in [3.63, 3.8) is 0 Å². The summed E-state index contributed by atoms with van der Waals surface area (Å²) in [5.74, 6) is 0.479. The molecule has 0 amide bonds. The Hall–Kier alpha value is -1.03. The summed E-state index contributed by atoms with van der Waals surface area (Å²) >= 11 is 17.1. The van der Waals surface area contributed by atoms with Crippen LogP contribution in [0.2, 0.25) is 0 Å². The van der Waals surface area contributed by atoms with Crippen molar-refractivity contribution in [1.29, 1.82) is 0 Å². The van der Waals surface area contributed by atoms with Crippen LogP contribution in [0.25, 0.3) is 0 Å². The number of rotatable bonds is 2. The first-order chi connectivity index (χ1) is 8.45. The zero-order valence-electron chi connectivity index (χ0n) is 8.91. The second-order valence-corrected chi connectivity index (χ2v) is 5.72. The summed E-state index contributed by atoms with van der Waals surface area (Å²) in [5, 5.41) is 0. The maximum absolute atomic E-state index is 12.7. The van der Waals surface area contributed by atoms with Crippen molar-refractivity contribution in [2.24, 2.45) is 0 Å². The molecule has 2 rings (SSSR count). The van der Waals surface area contributed by atoms with Gasteiger partial charge in [-0.1, -0.05) is 34.8 Å². The van der Waals surface area contributed by atoms with Crippen molar-refractivity contribution < 1.29 is 9.13 Å². The number of alkyl halides is 3. The van der Waals surface area contributed by atoms with Crippen LogP contribution in [0, 0.1) is 5.82 Å². The topological polar surface area (TPSA) is 22.1 Å². The molecule has 2 aromatic rings. The van der Waals surface area contributed by atoms with Gasteiger partial charge in [-0.2, -0.15) is 0 Å². The Morgan fingerprint density at radius 1 is 1.00 bits per heavy atom. The molecule has 18 heavy (non-hydrogen) atoms. The molecule has 94 valence electrons. The molecule has 0 N–H and O–H groups in total. The van der Waals surface area contributed by atoms with Crippen molar-refractivity contribution in [3.8, 4) is 11.6 Å². The maximum atomic E-state index is 12.7. The molecule has 0 fully saturated rings. The number of benzene rings is 1. The first-order valence-corrected chi connectivity index (χ1v) is 6.05. The molecule has 2 nitrogen and oxygen atoms in total. The van der Waals surface area contributed by atoms with Crippen LogP contribution in [0.4, 0.5) is 4.39 Å². The van der Waals surface area contributed by atoms with Gasteiger partial charge in [0.05, 0.1) is 0 Å². The SMILES string of the molecule is Fc1ccc(Oc2ccc(C(Cl)(Cl)Cl)cn2)cc1. The van der Waals surface area contributed by atoms with Gasteiger partial charge < -0.3 is 4.74 Å². The van der Waals surface area contributed by atoms with Crippen molar-refractivity contribution in [2.75, 3.05) is 0 Å². The molecule has 0 aliphatic heterocycles. The summed E-state index contributed by atoms with van der Waals surface area (Å²) in [6.07, 6.45) is 1.41. The van der Waals surface area contributed by atoms with Gasteiger partial charge in [0.1, 0.15) is 11.6 Å². The first-order valence-electron chi connectivity index (χ1n) is 4.92. The molecule has 0 saturated carbocycles. The monoisotopic (exact) mass is 305 g/mol. The zero-order chi connectivity index (χ0) is 13.2. The molecule has 0 saturated heterocycles. The molecule has 0 spiro atoms. The molecule has 0 atom stereocenters. The normalized spacial score (nSPS) is 11.3. The van der Waals surface area contributed by atoms with Gasteiger partial charge in [0, 0.05) is 17.8 Å². The highest BCUT2D eigenvalue weighted by atomic mass is 35.6. The minimum Gasteiger partial charge on any atom is -0.439 e. The van der Waals surface area contributed by atoms with E-state index in [1.807, 2.05) is 0 Å². The Bertz CT molecular complexity index is 523. The fourth-order valence-electron chi connectivity index (χ4n) is 1.23. The molecule has 0 aliphatic rings. The average molecular weight is 307 g/mol. The van der Waals surface area contributed by atoms with E-state index in [4.69, 9.17) is 39.5 Å². The second kappa shape index (κ2) is 5.31. The number of nitrogens with zero attached hydrogens (tertiary/aromatic N) is 1. The average Bonchev–Trinajstić information content (AvgIpc) is 2.32. The summed E-state index contributed by atoms with van der Waals surface area (Å²) in [6, 6.07) is 8.76. The van der Waals surface area contributed by atoms with E-state index < -0.39 is 3.79 Å². The zero-order valence-corrected chi connectivity index (χ0v) is 11.2. The van der Waals surface area contributed by atoms with E-state index in [1.54, 1.807) is 12.1 Å². The van der Waals surface area contributed by atoms with Gasteiger partial charge in [0.15, 0.2) is 0 Å². The third kappa shape index (κ3) is 3.48. The smallest absolute Gasteiger partial charge is 0.219 e. The molecular formula is C12H7Cl3FNO. The van der Waals surface area contributed by atoms with Gasteiger partial charge in [-0.25, -0.2) is 9.37 Å². The Labute approximate surface area is 118 Å². The predicted octanol–water partition coefficient (Wildman–Crippen LogP) is 4.84. The van der Waals surface area contributed by atoms with E-state index in [0.717, 1.165) is 0 Å². The third-order valence-corrected chi connectivity index (χ3v) is 2.75. The molecule has 1 heterocycles. The van der Waals surface area contributed by atoms with E-state index >= 15 is 0 Å². The van der Waals surface area contributed by atoms with E-state index in [2.05, 4.69) is 4.98 Å². The van der Waals surface area contributed by atoms with E-state index in [-0.39, 0.29) is 5.82 Å². The molecule has 0 unspecified atom stereocenters. The molecular weight excluding hydrogens is 299 g/mol. The Kier molecular flexibility index (Phi) is 3.95. The number of ether oxygens (including phenoxy) is 1. The number of hydrogen-bond donors (Lipinski definition) is 0.